The van der Waals surface area contributed by atoms with Gasteiger partial charge in [0.25, 0.3) is 5.91 Å². The van der Waals surface area contributed by atoms with Crippen LogP contribution in [0.5, 0.6) is 17.2 Å². The highest BCUT2D eigenvalue weighted by Crippen LogP contribution is 2.44. The van der Waals surface area contributed by atoms with Crippen molar-refractivity contribution in [3.8, 4) is 17.2 Å². The molecule has 6 heteroatoms. The predicted molar refractivity (Wildman–Crippen MR) is 158 cm³/mol. The monoisotopic (exact) mass is 532 g/mol. The predicted octanol–water partition coefficient (Wildman–Crippen LogP) is 7.06. The number of carbonyl (C=O) groups excluding carboxylic acids is 1. The molecule has 0 spiro atoms. The summed E-state index contributed by atoms with van der Waals surface area (Å²) in [4.78, 5) is 13.8. The number of fused-ring (bicyclic) bond motifs is 2. The van der Waals surface area contributed by atoms with Crippen molar-refractivity contribution in [1.82, 2.24) is 5.01 Å². The molecule has 40 heavy (non-hydrogen) atoms. The zero-order valence-electron chi connectivity index (χ0n) is 22.7. The van der Waals surface area contributed by atoms with Gasteiger partial charge in [-0.25, -0.2) is 5.01 Å². The number of allylic oxidation sites excluding steroid dienone is 1. The number of hydrazone groups is 1. The van der Waals surface area contributed by atoms with E-state index in [0.29, 0.717) is 5.75 Å². The van der Waals surface area contributed by atoms with E-state index in [1.807, 2.05) is 91.0 Å². The maximum atomic E-state index is 13.8. The molecule has 6 rings (SSSR count). The van der Waals surface area contributed by atoms with Crippen molar-refractivity contribution in [2.24, 2.45) is 11.0 Å². The van der Waals surface area contributed by atoms with Gasteiger partial charge in [0.05, 0.1) is 26.0 Å². The van der Waals surface area contributed by atoms with Crippen LogP contribution in [0.3, 0.4) is 0 Å². The first-order valence-electron chi connectivity index (χ1n) is 13.6. The molecule has 0 bridgehead atoms. The van der Waals surface area contributed by atoms with Gasteiger partial charge in [-0.3, -0.25) is 4.79 Å². The van der Waals surface area contributed by atoms with E-state index in [4.69, 9.17) is 19.3 Å². The zero-order valence-corrected chi connectivity index (χ0v) is 22.7. The van der Waals surface area contributed by atoms with E-state index >= 15 is 0 Å². The molecule has 4 aromatic carbocycles. The quantitative estimate of drug-likeness (QED) is 0.256. The average molecular weight is 533 g/mol. The molecular formula is C34H32N2O4. The minimum atomic E-state index is -0.205. The van der Waals surface area contributed by atoms with Gasteiger partial charge in [-0.2, -0.15) is 5.10 Å². The van der Waals surface area contributed by atoms with Crippen molar-refractivity contribution in [1.29, 1.82) is 0 Å². The second-order valence-corrected chi connectivity index (χ2v) is 10.1. The van der Waals surface area contributed by atoms with Gasteiger partial charge in [-0.1, -0.05) is 60.7 Å². The fraction of sp³-hybridized carbons (Fsp3) is 0.235. The largest absolute Gasteiger partial charge is 0.497 e. The number of methoxy groups -OCH3 is 2. The number of benzene rings is 4. The van der Waals surface area contributed by atoms with Crippen LogP contribution in [-0.2, 0) is 4.79 Å². The van der Waals surface area contributed by atoms with Crippen LogP contribution < -0.4 is 14.2 Å². The average Bonchev–Trinajstić information content (AvgIpc) is 3.41. The van der Waals surface area contributed by atoms with Gasteiger partial charge >= 0.3 is 0 Å². The summed E-state index contributed by atoms with van der Waals surface area (Å²) < 4.78 is 16.8. The highest BCUT2D eigenvalue weighted by Gasteiger charge is 2.43. The standard InChI is InChI=1S/C34H32N2O4/c1-38-27-17-13-23(14-18-27)21-26-9-5-11-30-33(26)35-36(34(30)25-15-19-28(39-2)20-16-25)32(37)22-40-31-12-6-8-24-7-3-4-10-29(24)31/h3-4,6-8,10,12-21,30,34H,5,9,11,22H2,1-2H3/b26-21-/t30-,34+/m0/s1. The smallest absolute Gasteiger partial charge is 0.281 e. The molecule has 2 aliphatic rings. The summed E-state index contributed by atoms with van der Waals surface area (Å²) in [7, 11) is 3.32. The molecule has 0 aromatic heterocycles. The van der Waals surface area contributed by atoms with Crippen molar-refractivity contribution in [2.45, 2.75) is 25.3 Å². The molecule has 1 aliphatic heterocycles. The molecule has 2 atom stereocenters. The van der Waals surface area contributed by atoms with Crippen LogP contribution in [0.15, 0.2) is 102 Å². The minimum absolute atomic E-state index is 0.0955. The van der Waals surface area contributed by atoms with Crippen LogP contribution in [0.4, 0.5) is 0 Å². The Bertz CT molecular complexity index is 1570. The molecule has 1 amide bonds. The molecule has 0 N–H and O–H groups in total. The zero-order chi connectivity index (χ0) is 27.5. The molecule has 1 fully saturated rings. The van der Waals surface area contributed by atoms with Gasteiger partial charge in [0.2, 0.25) is 0 Å². The molecule has 4 aromatic rings. The Hall–Kier alpha value is -4.58. The molecule has 1 heterocycles. The summed E-state index contributed by atoms with van der Waals surface area (Å²) in [6, 6.07) is 29.7. The Balaban J connectivity index is 1.32. The van der Waals surface area contributed by atoms with Crippen LogP contribution in [0.2, 0.25) is 0 Å². The highest BCUT2D eigenvalue weighted by atomic mass is 16.5. The number of carbonyl (C=O) groups is 1. The van der Waals surface area contributed by atoms with E-state index in [-0.39, 0.29) is 24.5 Å². The summed E-state index contributed by atoms with van der Waals surface area (Å²) in [5, 5.41) is 8.70. The van der Waals surface area contributed by atoms with E-state index in [0.717, 1.165) is 58.4 Å². The number of hydrogen-bond acceptors (Lipinski definition) is 5. The summed E-state index contributed by atoms with van der Waals surface area (Å²) in [6.07, 6.45) is 5.11. The Morgan fingerprint density at radius 3 is 2.35 bits per heavy atom. The third-order valence-electron chi connectivity index (χ3n) is 7.77. The highest BCUT2D eigenvalue weighted by molar-refractivity contribution is 6.08. The second kappa shape index (κ2) is 11.3. The fourth-order valence-corrected chi connectivity index (χ4v) is 5.77. The molecule has 6 nitrogen and oxygen atoms in total. The van der Waals surface area contributed by atoms with E-state index in [1.165, 1.54) is 5.57 Å². The Morgan fingerprint density at radius 2 is 1.60 bits per heavy atom. The lowest BCUT2D eigenvalue weighted by molar-refractivity contribution is -0.135. The van der Waals surface area contributed by atoms with Crippen molar-refractivity contribution in [3.05, 3.63) is 108 Å². The number of ether oxygens (including phenoxy) is 3. The van der Waals surface area contributed by atoms with Crippen molar-refractivity contribution in [2.75, 3.05) is 20.8 Å². The summed E-state index contributed by atoms with van der Waals surface area (Å²) in [5.41, 5.74) is 4.28. The van der Waals surface area contributed by atoms with Gasteiger partial charge in [-0.05, 0) is 77.8 Å². The Labute approximate surface area is 234 Å². The van der Waals surface area contributed by atoms with Gasteiger partial charge in [0.1, 0.15) is 17.2 Å². The molecule has 0 unspecified atom stereocenters. The van der Waals surface area contributed by atoms with E-state index in [9.17, 15) is 4.79 Å². The number of rotatable bonds is 7. The Kier molecular flexibility index (Phi) is 7.23. The SMILES string of the molecule is COc1ccc(/C=C2/CCC[C@H]3C2=NN(C(=O)COc2cccc4ccccc24)[C@@H]3c2ccc(OC)cc2)cc1. The van der Waals surface area contributed by atoms with Gasteiger partial charge in [0.15, 0.2) is 6.61 Å². The normalized spacial score (nSPS) is 19.3. The maximum absolute atomic E-state index is 13.8. The lowest BCUT2D eigenvalue weighted by Gasteiger charge is -2.29. The Morgan fingerprint density at radius 1 is 0.900 bits per heavy atom. The molecule has 0 saturated heterocycles. The second-order valence-electron chi connectivity index (χ2n) is 10.1. The van der Waals surface area contributed by atoms with Crippen LogP contribution in [0.25, 0.3) is 16.8 Å². The summed E-state index contributed by atoms with van der Waals surface area (Å²) >= 11 is 0. The van der Waals surface area contributed by atoms with Crippen LogP contribution in [0.1, 0.15) is 36.4 Å². The third-order valence-corrected chi connectivity index (χ3v) is 7.77. The first-order valence-corrected chi connectivity index (χ1v) is 13.6. The van der Waals surface area contributed by atoms with Crippen molar-refractivity contribution in [3.63, 3.8) is 0 Å². The maximum Gasteiger partial charge on any atom is 0.281 e. The third kappa shape index (κ3) is 5.05. The number of nitrogens with zero attached hydrogens (tertiary/aromatic N) is 2. The first kappa shape index (κ1) is 25.7. The number of hydrogen-bond donors (Lipinski definition) is 0. The van der Waals surface area contributed by atoms with E-state index in [1.54, 1.807) is 19.2 Å². The van der Waals surface area contributed by atoms with Crippen LogP contribution in [0, 0.1) is 5.92 Å². The molecule has 202 valence electrons. The topological polar surface area (TPSA) is 60.4 Å². The fourth-order valence-electron chi connectivity index (χ4n) is 5.77. The first-order chi connectivity index (χ1) is 19.6. The van der Waals surface area contributed by atoms with Gasteiger partial charge < -0.3 is 14.2 Å². The van der Waals surface area contributed by atoms with Crippen molar-refractivity contribution < 1.29 is 19.0 Å². The lowest BCUT2D eigenvalue weighted by atomic mass is 9.77. The van der Waals surface area contributed by atoms with Gasteiger partial charge in [0, 0.05) is 11.3 Å². The number of amides is 1. The summed E-state index contributed by atoms with van der Waals surface area (Å²) in [5.74, 6) is 2.23. The van der Waals surface area contributed by atoms with Gasteiger partial charge in [-0.15, -0.1) is 0 Å². The van der Waals surface area contributed by atoms with Crippen LogP contribution in [-0.4, -0.2) is 37.5 Å². The molecule has 1 saturated carbocycles. The van der Waals surface area contributed by atoms with E-state index in [2.05, 4.69) is 6.08 Å². The molecular weight excluding hydrogens is 500 g/mol. The summed E-state index contributed by atoms with van der Waals surface area (Å²) in [6.45, 7) is -0.0955. The van der Waals surface area contributed by atoms with Crippen LogP contribution >= 0.6 is 0 Å². The molecule has 1 aliphatic carbocycles. The minimum Gasteiger partial charge on any atom is -0.497 e. The lowest BCUT2D eigenvalue weighted by Crippen LogP contribution is -2.34. The van der Waals surface area contributed by atoms with Crippen molar-refractivity contribution >= 4 is 28.5 Å². The molecule has 0 radical (unpaired) electrons. The van der Waals surface area contributed by atoms with E-state index < -0.39 is 0 Å².